The van der Waals surface area contributed by atoms with Crippen LogP contribution in [0.25, 0.3) is 41.6 Å². The van der Waals surface area contributed by atoms with Gasteiger partial charge in [0, 0.05) is 10.4 Å². The zero-order chi connectivity index (χ0) is 22.8. The third kappa shape index (κ3) is 3.70. The van der Waals surface area contributed by atoms with Crippen molar-refractivity contribution < 1.29 is 0 Å². The van der Waals surface area contributed by atoms with Crippen molar-refractivity contribution >= 4 is 66.3 Å². The van der Waals surface area contributed by atoms with E-state index in [1.54, 1.807) is 6.33 Å². The van der Waals surface area contributed by atoms with Crippen LogP contribution in [0.4, 0.5) is 0 Å². The van der Waals surface area contributed by atoms with Crippen molar-refractivity contribution in [2.45, 2.75) is 53.8 Å². The van der Waals surface area contributed by atoms with Gasteiger partial charge >= 0.3 is 0 Å². The highest BCUT2D eigenvalue weighted by Crippen LogP contribution is 2.45. The molecule has 32 heavy (non-hydrogen) atoms. The first-order valence-electron chi connectivity index (χ1n) is 11.2. The number of hydrogen-bond donors (Lipinski definition) is 0. The summed E-state index contributed by atoms with van der Waals surface area (Å²) in [6.45, 7) is 16.5. The molecule has 0 bridgehead atoms. The molecule has 5 heteroatoms. The van der Waals surface area contributed by atoms with E-state index in [2.05, 4.69) is 83.7 Å². The molecule has 0 saturated carbocycles. The zero-order valence-corrected chi connectivity index (χ0v) is 22.6. The molecule has 5 rings (SSSR count). The normalized spacial score (nSPS) is 13.0. The smallest absolute Gasteiger partial charge is 0.116 e. The topological polar surface area (TPSA) is 25.8 Å². The first-order chi connectivity index (χ1) is 15.0. The van der Waals surface area contributed by atoms with Gasteiger partial charge in [0.1, 0.15) is 11.8 Å². The third-order valence-corrected chi connectivity index (χ3v) is 10.8. The van der Waals surface area contributed by atoms with Crippen LogP contribution in [0.5, 0.6) is 0 Å². The molecule has 0 unspecified atom stereocenters. The van der Waals surface area contributed by atoms with E-state index >= 15 is 0 Å². The highest BCUT2D eigenvalue weighted by Gasteiger charge is 2.24. The molecule has 0 saturated heterocycles. The van der Waals surface area contributed by atoms with Crippen LogP contribution >= 0.6 is 22.7 Å². The van der Waals surface area contributed by atoms with Crippen LogP contribution < -0.4 is 5.19 Å². The summed E-state index contributed by atoms with van der Waals surface area (Å²) in [5.41, 5.74) is 5.12. The fourth-order valence-corrected chi connectivity index (χ4v) is 9.18. The number of rotatable bonds is 3. The average molecular weight is 475 g/mol. The van der Waals surface area contributed by atoms with Crippen LogP contribution in [-0.2, 0) is 6.42 Å². The van der Waals surface area contributed by atoms with E-state index in [4.69, 9.17) is 9.97 Å². The molecule has 164 valence electrons. The minimum Gasteiger partial charge on any atom is -0.235 e. The molecular formula is C27H30N2S2Si. The van der Waals surface area contributed by atoms with Gasteiger partial charge in [-0.2, -0.15) is 0 Å². The molecular weight excluding hydrogens is 445 g/mol. The monoisotopic (exact) mass is 474 g/mol. The Balaban J connectivity index is 1.75. The molecule has 2 aromatic carbocycles. The van der Waals surface area contributed by atoms with Gasteiger partial charge in [0.25, 0.3) is 0 Å². The lowest BCUT2D eigenvalue weighted by molar-refractivity contribution is 0.414. The molecule has 0 spiro atoms. The summed E-state index contributed by atoms with van der Waals surface area (Å²) in [6.07, 6.45) is 2.86. The van der Waals surface area contributed by atoms with Crippen molar-refractivity contribution in [3.05, 3.63) is 53.2 Å². The van der Waals surface area contributed by atoms with Gasteiger partial charge in [-0.3, -0.25) is 0 Å². The lowest BCUT2D eigenvalue weighted by atomic mass is 9.90. The minimum absolute atomic E-state index is 0.284. The molecule has 0 atom stereocenters. The number of fused-ring (bicyclic) bond motifs is 4. The van der Waals surface area contributed by atoms with Gasteiger partial charge in [-0.15, -0.1) is 22.7 Å². The predicted molar refractivity (Wildman–Crippen MR) is 147 cm³/mol. The Bertz CT molecular complexity index is 1480. The Labute approximate surface area is 199 Å². The highest BCUT2D eigenvalue weighted by molar-refractivity contribution is 7.33. The molecule has 0 amide bonds. The van der Waals surface area contributed by atoms with E-state index < -0.39 is 8.07 Å². The number of benzene rings is 2. The van der Waals surface area contributed by atoms with Gasteiger partial charge in [0.15, 0.2) is 0 Å². The average Bonchev–Trinajstić information content (AvgIpc) is 3.22. The Morgan fingerprint density at radius 1 is 0.906 bits per heavy atom. The molecule has 0 radical (unpaired) electrons. The van der Waals surface area contributed by atoms with E-state index in [9.17, 15) is 0 Å². The van der Waals surface area contributed by atoms with Crippen molar-refractivity contribution in [1.82, 2.24) is 9.97 Å². The van der Waals surface area contributed by atoms with Crippen LogP contribution in [-0.4, -0.2) is 18.0 Å². The number of thiophene rings is 2. The molecule has 0 fully saturated rings. The maximum atomic E-state index is 4.81. The number of hydrogen-bond acceptors (Lipinski definition) is 4. The molecule has 3 heterocycles. The molecule has 0 N–H and O–H groups in total. The zero-order valence-electron chi connectivity index (χ0n) is 20.0. The third-order valence-electron chi connectivity index (χ3n) is 6.05. The number of nitrogens with zero attached hydrogens (tertiary/aromatic N) is 2. The Hall–Kier alpha value is -2.08. The van der Waals surface area contributed by atoms with Crippen LogP contribution in [0, 0.1) is 12.3 Å². The molecule has 5 aromatic rings. The largest absolute Gasteiger partial charge is 0.235 e. The van der Waals surface area contributed by atoms with Crippen LogP contribution in [0.1, 0.15) is 31.2 Å². The summed E-state index contributed by atoms with van der Waals surface area (Å²) >= 11 is 3.80. The van der Waals surface area contributed by atoms with Crippen LogP contribution in [0.2, 0.25) is 19.6 Å². The van der Waals surface area contributed by atoms with Crippen LogP contribution in [0.15, 0.2) is 42.7 Å². The van der Waals surface area contributed by atoms with Gasteiger partial charge < -0.3 is 0 Å². The van der Waals surface area contributed by atoms with E-state index in [0.29, 0.717) is 0 Å². The Kier molecular flexibility index (Phi) is 5.08. The second-order valence-corrected chi connectivity index (χ2v) is 18.2. The summed E-state index contributed by atoms with van der Waals surface area (Å²) in [6, 6.07) is 13.5. The van der Waals surface area contributed by atoms with Gasteiger partial charge in [-0.05, 0) is 41.2 Å². The van der Waals surface area contributed by atoms with E-state index in [-0.39, 0.29) is 5.41 Å². The van der Waals surface area contributed by atoms with E-state index in [1.165, 1.54) is 46.1 Å². The molecule has 0 aliphatic carbocycles. The fraction of sp³-hybridized carbons (Fsp3) is 0.333. The first kappa shape index (κ1) is 21.7. The van der Waals surface area contributed by atoms with Crippen molar-refractivity contribution in [1.29, 1.82) is 0 Å². The van der Waals surface area contributed by atoms with Crippen molar-refractivity contribution in [2.24, 2.45) is 5.41 Å². The van der Waals surface area contributed by atoms with Gasteiger partial charge in [-0.1, -0.05) is 75.9 Å². The van der Waals surface area contributed by atoms with Gasteiger partial charge in [0.2, 0.25) is 0 Å². The van der Waals surface area contributed by atoms with Gasteiger partial charge in [-0.25, -0.2) is 9.97 Å². The standard InChI is InChI=1S/C27H30N2S2Si/c1-16-20(14-27(2,3)4)30-26-23-25(31-24(16)26)22(28-15-29-23)18-12-17-10-8-9-11-19(17)21(13-18)32(5,6)7/h8-13,15H,14H2,1-7H3. The maximum absolute atomic E-state index is 4.81. The summed E-state index contributed by atoms with van der Waals surface area (Å²) in [5.74, 6) is 0. The molecule has 0 aliphatic heterocycles. The lowest BCUT2D eigenvalue weighted by Crippen LogP contribution is -2.38. The second-order valence-electron chi connectivity index (χ2n) is 11.0. The fourth-order valence-electron chi connectivity index (χ4n) is 4.48. The summed E-state index contributed by atoms with van der Waals surface area (Å²) in [5, 5.41) is 4.19. The summed E-state index contributed by atoms with van der Waals surface area (Å²) in [7, 11) is -1.53. The second kappa shape index (κ2) is 7.47. The van der Waals surface area contributed by atoms with Gasteiger partial charge in [0.05, 0.1) is 27.9 Å². The molecule has 0 aliphatic rings. The van der Waals surface area contributed by atoms with E-state index in [1.807, 2.05) is 22.7 Å². The van der Waals surface area contributed by atoms with Crippen molar-refractivity contribution in [3.63, 3.8) is 0 Å². The van der Waals surface area contributed by atoms with Crippen molar-refractivity contribution in [2.75, 3.05) is 0 Å². The van der Waals surface area contributed by atoms with Crippen LogP contribution in [0.3, 0.4) is 0 Å². The van der Waals surface area contributed by atoms with E-state index in [0.717, 1.165) is 17.6 Å². The molecule has 3 aromatic heterocycles. The highest BCUT2D eigenvalue weighted by atomic mass is 32.1. The summed E-state index contributed by atoms with van der Waals surface area (Å²) in [4.78, 5) is 11.1. The van der Waals surface area contributed by atoms with Crippen molar-refractivity contribution in [3.8, 4) is 11.3 Å². The quantitative estimate of drug-likeness (QED) is 0.246. The predicted octanol–water partition coefficient (Wildman–Crippen LogP) is 8.17. The summed E-state index contributed by atoms with van der Waals surface area (Å²) < 4.78 is 3.93. The Morgan fingerprint density at radius 2 is 1.66 bits per heavy atom. The minimum atomic E-state index is -1.53. The maximum Gasteiger partial charge on any atom is 0.116 e. The first-order valence-corrected chi connectivity index (χ1v) is 16.4. The molecule has 2 nitrogen and oxygen atoms in total. The number of aromatic nitrogens is 2. The SMILES string of the molecule is Cc1c(CC(C)(C)C)sc2c1sc1c(-c3cc([Si](C)(C)C)c4ccccc4c3)ncnc12. The number of aryl methyl sites for hydroxylation is 1. The lowest BCUT2D eigenvalue weighted by Gasteiger charge is -2.21. The Morgan fingerprint density at radius 3 is 2.38 bits per heavy atom.